The number of hydrogen-bond donors (Lipinski definition) is 0. The summed E-state index contributed by atoms with van der Waals surface area (Å²) in [6, 6.07) is 12.0. The first-order valence-corrected chi connectivity index (χ1v) is 9.03. The normalized spacial score (nSPS) is 13.8. The van der Waals surface area contributed by atoms with Gasteiger partial charge < -0.3 is 4.57 Å². The Kier molecular flexibility index (Phi) is 4.06. The van der Waals surface area contributed by atoms with Crippen molar-refractivity contribution in [2.24, 2.45) is 4.99 Å². The van der Waals surface area contributed by atoms with Gasteiger partial charge in [0, 0.05) is 34.1 Å². The van der Waals surface area contributed by atoms with Crippen molar-refractivity contribution in [1.82, 2.24) is 4.57 Å². The highest BCUT2D eigenvalue weighted by Crippen LogP contribution is 2.38. The second-order valence-electron chi connectivity index (χ2n) is 5.76. The van der Waals surface area contributed by atoms with Gasteiger partial charge in [-0.15, -0.1) is 11.3 Å². The molecule has 0 bridgehead atoms. The molecule has 1 aliphatic carbocycles. The molecule has 0 unspecified atom stereocenters. The van der Waals surface area contributed by atoms with Crippen LogP contribution in [0.3, 0.4) is 0 Å². The third-order valence-electron chi connectivity index (χ3n) is 4.19. The Balaban J connectivity index is 1.63. The molecule has 2 heterocycles. The van der Waals surface area contributed by atoms with E-state index >= 15 is 0 Å². The smallest absolute Gasteiger partial charge is 0.105 e. The lowest BCUT2D eigenvalue weighted by Crippen LogP contribution is -1.95. The van der Waals surface area contributed by atoms with E-state index in [0.29, 0.717) is 0 Å². The standard InChI is InChI=1S/C19H17ClN2S/c20-15-6-3-5-14(11-15)12-21-13-17-16-7-4-8-18(16)23-19(17)22-9-1-2-10-22/h1-3,5-6,9-12H,4,7-8,13H2. The van der Waals surface area contributed by atoms with E-state index in [-0.39, 0.29) is 0 Å². The van der Waals surface area contributed by atoms with E-state index < -0.39 is 0 Å². The van der Waals surface area contributed by atoms with E-state index in [1.165, 1.54) is 35.4 Å². The van der Waals surface area contributed by atoms with Crippen LogP contribution in [0.4, 0.5) is 0 Å². The van der Waals surface area contributed by atoms with Crippen LogP contribution in [0.25, 0.3) is 5.00 Å². The Morgan fingerprint density at radius 1 is 1.17 bits per heavy atom. The zero-order chi connectivity index (χ0) is 15.6. The van der Waals surface area contributed by atoms with Crippen LogP contribution in [-0.4, -0.2) is 10.8 Å². The minimum atomic E-state index is 0.728. The van der Waals surface area contributed by atoms with Gasteiger partial charge in [-0.05, 0) is 54.7 Å². The van der Waals surface area contributed by atoms with Crippen molar-refractivity contribution in [2.75, 3.05) is 0 Å². The molecule has 116 valence electrons. The summed E-state index contributed by atoms with van der Waals surface area (Å²) in [5, 5.41) is 2.07. The molecule has 0 spiro atoms. The van der Waals surface area contributed by atoms with Gasteiger partial charge in [0.2, 0.25) is 0 Å². The van der Waals surface area contributed by atoms with Crippen molar-refractivity contribution < 1.29 is 0 Å². The van der Waals surface area contributed by atoms with Crippen LogP contribution in [0.15, 0.2) is 53.8 Å². The van der Waals surface area contributed by atoms with Crippen LogP contribution in [0.5, 0.6) is 0 Å². The fraction of sp³-hybridized carbons (Fsp3) is 0.211. The molecule has 0 amide bonds. The highest BCUT2D eigenvalue weighted by atomic mass is 35.5. The molecule has 2 nitrogen and oxygen atoms in total. The second-order valence-corrected chi connectivity index (χ2v) is 7.28. The Morgan fingerprint density at radius 3 is 2.87 bits per heavy atom. The molecule has 0 fully saturated rings. The first-order chi connectivity index (χ1) is 11.3. The lowest BCUT2D eigenvalue weighted by Gasteiger charge is -2.05. The third-order valence-corrected chi connectivity index (χ3v) is 5.77. The number of rotatable bonds is 4. The highest BCUT2D eigenvalue weighted by molar-refractivity contribution is 7.15. The van der Waals surface area contributed by atoms with Gasteiger partial charge in [-0.1, -0.05) is 23.7 Å². The van der Waals surface area contributed by atoms with E-state index in [4.69, 9.17) is 11.6 Å². The van der Waals surface area contributed by atoms with Crippen LogP contribution in [0, 0.1) is 0 Å². The molecular formula is C19H17ClN2S. The Morgan fingerprint density at radius 2 is 2.04 bits per heavy atom. The molecule has 1 aromatic carbocycles. The van der Waals surface area contributed by atoms with Gasteiger partial charge in [0.1, 0.15) is 5.00 Å². The molecule has 0 atom stereocenters. The maximum Gasteiger partial charge on any atom is 0.105 e. The molecule has 3 aromatic rings. The molecule has 4 rings (SSSR count). The largest absolute Gasteiger partial charge is 0.315 e. The summed E-state index contributed by atoms with van der Waals surface area (Å²) in [5.74, 6) is 0. The quantitative estimate of drug-likeness (QED) is 0.573. The molecule has 1 aliphatic rings. The van der Waals surface area contributed by atoms with Crippen molar-refractivity contribution in [1.29, 1.82) is 0 Å². The summed E-state index contributed by atoms with van der Waals surface area (Å²) in [7, 11) is 0. The Labute approximate surface area is 145 Å². The molecule has 0 N–H and O–H groups in total. The summed E-state index contributed by atoms with van der Waals surface area (Å²) < 4.78 is 2.22. The molecule has 0 radical (unpaired) electrons. The fourth-order valence-electron chi connectivity index (χ4n) is 3.13. The van der Waals surface area contributed by atoms with Crippen LogP contribution < -0.4 is 0 Å². The van der Waals surface area contributed by atoms with Crippen molar-refractivity contribution in [3.8, 4) is 5.00 Å². The summed E-state index contributed by atoms with van der Waals surface area (Å²) >= 11 is 7.95. The average Bonchev–Trinajstić information content (AvgIpc) is 3.24. The molecule has 0 saturated heterocycles. The highest BCUT2D eigenvalue weighted by Gasteiger charge is 2.22. The van der Waals surface area contributed by atoms with Gasteiger partial charge in [0.15, 0.2) is 0 Å². The first kappa shape index (κ1) is 14.7. The summed E-state index contributed by atoms with van der Waals surface area (Å²) in [6.07, 6.45) is 9.83. The lowest BCUT2D eigenvalue weighted by molar-refractivity contribution is 0.898. The number of aliphatic imine (C=N–C) groups is 1. The topological polar surface area (TPSA) is 17.3 Å². The van der Waals surface area contributed by atoms with Crippen molar-refractivity contribution >= 4 is 29.2 Å². The molecule has 4 heteroatoms. The van der Waals surface area contributed by atoms with Crippen LogP contribution in [0.1, 0.15) is 28.0 Å². The first-order valence-electron chi connectivity index (χ1n) is 7.83. The monoisotopic (exact) mass is 340 g/mol. The van der Waals surface area contributed by atoms with Crippen LogP contribution in [-0.2, 0) is 19.4 Å². The predicted molar refractivity (Wildman–Crippen MR) is 98.4 cm³/mol. The minimum absolute atomic E-state index is 0.728. The Bertz CT molecular complexity index is 846. The number of thiophene rings is 1. The second kappa shape index (κ2) is 6.34. The van der Waals surface area contributed by atoms with E-state index in [1.54, 1.807) is 4.88 Å². The van der Waals surface area contributed by atoms with E-state index in [0.717, 1.165) is 17.1 Å². The molecule has 0 saturated carbocycles. The number of benzene rings is 1. The van der Waals surface area contributed by atoms with Crippen molar-refractivity contribution in [3.63, 3.8) is 0 Å². The predicted octanol–water partition coefficient (Wildman–Crippen LogP) is 5.30. The van der Waals surface area contributed by atoms with E-state index in [1.807, 2.05) is 41.8 Å². The number of halogens is 1. The minimum Gasteiger partial charge on any atom is -0.315 e. The van der Waals surface area contributed by atoms with Crippen LogP contribution >= 0.6 is 22.9 Å². The van der Waals surface area contributed by atoms with Gasteiger partial charge in [-0.2, -0.15) is 0 Å². The SMILES string of the molecule is Clc1cccc(C=NCc2c(-n3cccc3)sc3c2CCC3)c1. The van der Waals surface area contributed by atoms with Gasteiger partial charge in [-0.25, -0.2) is 0 Å². The number of nitrogens with zero attached hydrogens (tertiary/aromatic N) is 2. The summed E-state index contributed by atoms with van der Waals surface area (Å²) in [4.78, 5) is 6.23. The van der Waals surface area contributed by atoms with Crippen molar-refractivity contribution in [2.45, 2.75) is 25.8 Å². The van der Waals surface area contributed by atoms with Crippen molar-refractivity contribution in [3.05, 3.63) is 75.4 Å². The van der Waals surface area contributed by atoms with Gasteiger partial charge >= 0.3 is 0 Å². The number of aromatic nitrogens is 1. The lowest BCUT2D eigenvalue weighted by atomic mass is 10.1. The summed E-state index contributed by atoms with van der Waals surface area (Å²) in [5.41, 5.74) is 3.96. The summed E-state index contributed by atoms with van der Waals surface area (Å²) in [6.45, 7) is 0.728. The fourth-order valence-corrected chi connectivity index (χ4v) is 4.69. The number of fused-ring (bicyclic) bond motifs is 1. The van der Waals surface area contributed by atoms with E-state index in [9.17, 15) is 0 Å². The van der Waals surface area contributed by atoms with E-state index in [2.05, 4.69) is 34.1 Å². The number of hydrogen-bond acceptors (Lipinski definition) is 2. The number of aryl methyl sites for hydroxylation is 1. The third kappa shape index (κ3) is 2.99. The maximum absolute atomic E-state index is 6.03. The average molecular weight is 341 g/mol. The Hall–Kier alpha value is -1.84. The molecule has 0 aliphatic heterocycles. The van der Waals surface area contributed by atoms with Gasteiger partial charge in [-0.3, -0.25) is 4.99 Å². The molecule has 23 heavy (non-hydrogen) atoms. The zero-order valence-electron chi connectivity index (χ0n) is 12.7. The zero-order valence-corrected chi connectivity index (χ0v) is 14.3. The van der Waals surface area contributed by atoms with Crippen LogP contribution in [0.2, 0.25) is 5.02 Å². The molecular weight excluding hydrogens is 324 g/mol. The molecule has 2 aromatic heterocycles. The van der Waals surface area contributed by atoms with Gasteiger partial charge in [0.25, 0.3) is 0 Å². The maximum atomic E-state index is 6.03. The van der Waals surface area contributed by atoms with Gasteiger partial charge in [0.05, 0.1) is 6.54 Å².